The quantitative estimate of drug-likeness (QED) is 0.209. The number of H-pyrrole nitrogens is 2. The van der Waals surface area contributed by atoms with Gasteiger partial charge in [-0.2, -0.15) is 5.10 Å². The molecule has 3 N–H and O–H groups in total. The minimum atomic E-state index is -0.241. The topological polar surface area (TPSA) is 85.5 Å². The van der Waals surface area contributed by atoms with Crippen LogP contribution in [0.25, 0.3) is 51.4 Å². The zero-order valence-electron chi connectivity index (χ0n) is 24.8. The van der Waals surface area contributed by atoms with Crippen molar-refractivity contribution in [1.82, 2.24) is 35.4 Å². The molecule has 42 heavy (non-hydrogen) atoms. The molecular formula is C34H38FN7. The molecule has 0 unspecified atom stereocenters. The lowest BCUT2D eigenvalue weighted by Crippen LogP contribution is -2.23. The van der Waals surface area contributed by atoms with Gasteiger partial charge in [0.15, 0.2) is 5.82 Å². The standard InChI is InChI=1S/C34H38FN7/c1-6-30-29(14-22(3)26-16-24(19-36-7-2)20-37-21-26)33(41-40-30)34-38-31-12-8-11-28(32(31)39-34)25-15-23(17-27(35)18-25)10-9-13-42(4)5/h6,8,11-12,14-18,20-21,36,40H,3,7,9-10,13,19H2,1-2,4-5H3,(H,38,39)/b29-14+,30-6+. The molecule has 216 valence electrons. The minimum absolute atomic E-state index is 0.241. The highest BCUT2D eigenvalue weighted by atomic mass is 19.1. The summed E-state index contributed by atoms with van der Waals surface area (Å²) in [5.41, 5.74) is 7.85. The number of pyridine rings is 1. The maximum atomic E-state index is 14.7. The molecule has 0 aliphatic heterocycles. The van der Waals surface area contributed by atoms with Gasteiger partial charge in [0.25, 0.3) is 0 Å². The van der Waals surface area contributed by atoms with Crippen molar-refractivity contribution in [2.24, 2.45) is 0 Å². The molecule has 0 spiro atoms. The van der Waals surface area contributed by atoms with Gasteiger partial charge in [-0.25, -0.2) is 9.37 Å². The predicted molar refractivity (Wildman–Crippen MR) is 170 cm³/mol. The fourth-order valence-electron chi connectivity index (χ4n) is 5.12. The second kappa shape index (κ2) is 13.1. The van der Waals surface area contributed by atoms with Crippen molar-refractivity contribution in [3.8, 4) is 22.6 Å². The first-order chi connectivity index (χ1) is 20.4. The van der Waals surface area contributed by atoms with Crippen LogP contribution in [0.2, 0.25) is 0 Å². The number of halogens is 1. The number of para-hydroxylation sites is 1. The van der Waals surface area contributed by atoms with Gasteiger partial charge < -0.3 is 15.2 Å². The van der Waals surface area contributed by atoms with Crippen molar-refractivity contribution >= 4 is 28.8 Å². The third-order valence-electron chi connectivity index (χ3n) is 7.26. The Morgan fingerprint density at radius 2 is 1.98 bits per heavy atom. The molecule has 7 nitrogen and oxygen atoms in total. The normalized spacial score (nSPS) is 12.6. The summed E-state index contributed by atoms with van der Waals surface area (Å²) in [4.78, 5) is 15.0. The number of benzene rings is 2. The van der Waals surface area contributed by atoms with E-state index < -0.39 is 0 Å². The Kier molecular flexibility index (Phi) is 9.05. The van der Waals surface area contributed by atoms with Gasteiger partial charge in [-0.15, -0.1) is 0 Å². The molecule has 0 saturated carbocycles. The number of rotatable bonds is 11. The zero-order chi connectivity index (χ0) is 29.6. The molecule has 3 aromatic heterocycles. The van der Waals surface area contributed by atoms with E-state index in [1.54, 1.807) is 12.1 Å². The Morgan fingerprint density at radius 1 is 1.12 bits per heavy atom. The summed E-state index contributed by atoms with van der Waals surface area (Å²) in [6.45, 7) is 11.0. The molecule has 0 aliphatic rings. The number of aromatic nitrogens is 5. The Labute approximate surface area is 245 Å². The van der Waals surface area contributed by atoms with Crippen LogP contribution in [0.3, 0.4) is 0 Å². The summed E-state index contributed by atoms with van der Waals surface area (Å²) in [5, 5.41) is 12.9. The Morgan fingerprint density at radius 3 is 2.76 bits per heavy atom. The molecule has 3 heterocycles. The van der Waals surface area contributed by atoms with Crippen LogP contribution >= 0.6 is 0 Å². The lowest BCUT2D eigenvalue weighted by Gasteiger charge is -2.10. The lowest BCUT2D eigenvalue weighted by molar-refractivity contribution is 0.400. The Bertz CT molecular complexity index is 1830. The minimum Gasteiger partial charge on any atom is -0.337 e. The summed E-state index contributed by atoms with van der Waals surface area (Å²) in [6, 6.07) is 13.3. The van der Waals surface area contributed by atoms with Gasteiger partial charge in [0.1, 0.15) is 11.5 Å². The van der Waals surface area contributed by atoms with E-state index >= 15 is 0 Å². The van der Waals surface area contributed by atoms with E-state index in [9.17, 15) is 4.39 Å². The predicted octanol–water partition coefficient (Wildman–Crippen LogP) is 5.05. The van der Waals surface area contributed by atoms with E-state index in [1.807, 2.05) is 63.8 Å². The highest BCUT2D eigenvalue weighted by Crippen LogP contribution is 2.30. The summed E-state index contributed by atoms with van der Waals surface area (Å²) in [6.07, 6.45) is 9.46. The largest absolute Gasteiger partial charge is 0.337 e. The number of hydrogen-bond acceptors (Lipinski definition) is 5. The number of imidazole rings is 1. The second-order valence-corrected chi connectivity index (χ2v) is 10.8. The summed E-state index contributed by atoms with van der Waals surface area (Å²) in [5.74, 6) is 0.387. The highest BCUT2D eigenvalue weighted by molar-refractivity contribution is 5.94. The molecule has 0 fully saturated rings. The fourth-order valence-corrected chi connectivity index (χ4v) is 5.12. The van der Waals surface area contributed by atoms with E-state index in [4.69, 9.17) is 4.98 Å². The fraction of sp³-hybridized carbons (Fsp3) is 0.265. The average Bonchev–Trinajstić information content (AvgIpc) is 3.59. The van der Waals surface area contributed by atoms with Gasteiger partial charge >= 0.3 is 0 Å². The van der Waals surface area contributed by atoms with Gasteiger partial charge in [0.2, 0.25) is 0 Å². The third-order valence-corrected chi connectivity index (χ3v) is 7.26. The van der Waals surface area contributed by atoms with Crippen molar-refractivity contribution in [2.75, 3.05) is 27.2 Å². The molecule has 5 rings (SSSR count). The Balaban J connectivity index is 1.53. The van der Waals surface area contributed by atoms with Gasteiger partial charge in [-0.05, 0) is 105 Å². The van der Waals surface area contributed by atoms with Crippen molar-refractivity contribution < 1.29 is 4.39 Å². The van der Waals surface area contributed by atoms with Crippen LogP contribution in [0.15, 0.2) is 61.4 Å². The molecule has 0 saturated heterocycles. The molecule has 0 atom stereocenters. The smallest absolute Gasteiger partial charge is 0.159 e. The molecular weight excluding hydrogens is 525 g/mol. The summed E-state index contributed by atoms with van der Waals surface area (Å²) >= 11 is 0. The van der Waals surface area contributed by atoms with E-state index in [2.05, 4.69) is 56.0 Å². The second-order valence-electron chi connectivity index (χ2n) is 10.8. The Hall–Kier alpha value is -4.40. The molecule has 0 amide bonds. The number of nitrogens with one attached hydrogen (secondary N) is 3. The third kappa shape index (κ3) is 6.56. The maximum absolute atomic E-state index is 14.7. The lowest BCUT2D eigenvalue weighted by atomic mass is 9.99. The average molecular weight is 564 g/mol. The van der Waals surface area contributed by atoms with E-state index in [1.165, 1.54) is 0 Å². The number of allylic oxidation sites excluding steroid dienone is 1. The first kappa shape index (κ1) is 29.1. The molecule has 2 aromatic carbocycles. The van der Waals surface area contributed by atoms with Gasteiger partial charge in [-0.3, -0.25) is 10.1 Å². The van der Waals surface area contributed by atoms with Crippen LogP contribution in [0, 0.1) is 5.82 Å². The molecule has 0 radical (unpaired) electrons. The first-order valence-electron chi connectivity index (χ1n) is 14.4. The van der Waals surface area contributed by atoms with Crippen LogP contribution in [0.1, 0.15) is 37.0 Å². The monoisotopic (exact) mass is 563 g/mol. The first-order valence-corrected chi connectivity index (χ1v) is 14.4. The van der Waals surface area contributed by atoms with Crippen molar-refractivity contribution in [2.45, 2.75) is 33.2 Å². The SMILES string of the molecule is C=C(/C=c1/c(-c2nc3c(-c4cc(F)cc(CCCN(C)C)c4)cccc3[nH]2)n[nH]/c1=C/C)c1cncc(CNCC)c1. The van der Waals surface area contributed by atoms with E-state index in [0.717, 1.165) is 87.5 Å². The van der Waals surface area contributed by atoms with Crippen LogP contribution in [-0.2, 0) is 13.0 Å². The number of aromatic amines is 2. The van der Waals surface area contributed by atoms with Crippen LogP contribution in [0.5, 0.6) is 0 Å². The highest BCUT2D eigenvalue weighted by Gasteiger charge is 2.15. The molecule has 0 aliphatic carbocycles. The van der Waals surface area contributed by atoms with E-state index in [-0.39, 0.29) is 5.82 Å². The number of hydrogen-bond donors (Lipinski definition) is 3. The number of fused-ring (bicyclic) bond motifs is 1. The van der Waals surface area contributed by atoms with Gasteiger partial charge in [0, 0.05) is 29.7 Å². The van der Waals surface area contributed by atoms with Crippen LogP contribution < -0.4 is 15.9 Å². The number of nitrogens with zero attached hydrogens (tertiary/aromatic N) is 4. The summed E-state index contributed by atoms with van der Waals surface area (Å²) < 4.78 is 14.7. The van der Waals surface area contributed by atoms with Gasteiger partial charge in [-0.1, -0.05) is 37.8 Å². The van der Waals surface area contributed by atoms with Crippen LogP contribution in [0.4, 0.5) is 4.39 Å². The van der Waals surface area contributed by atoms with Crippen molar-refractivity contribution in [3.05, 3.63) is 94.5 Å². The van der Waals surface area contributed by atoms with E-state index in [0.29, 0.717) is 11.5 Å². The molecule has 5 aromatic rings. The number of aryl methyl sites for hydroxylation is 1. The van der Waals surface area contributed by atoms with Crippen LogP contribution in [-0.4, -0.2) is 57.2 Å². The zero-order valence-corrected chi connectivity index (χ0v) is 24.8. The van der Waals surface area contributed by atoms with Crippen molar-refractivity contribution in [1.29, 1.82) is 0 Å². The molecule has 8 heteroatoms. The maximum Gasteiger partial charge on any atom is 0.159 e. The van der Waals surface area contributed by atoms with Crippen molar-refractivity contribution in [3.63, 3.8) is 0 Å². The molecule has 0 bridgehead atoms. The summed E-state index contributed by atoms with van der Waals surface area (Å²) in [7, 11) is 4.10. The van der Waals surface area contributed by atoms with Gasteiger partial charge in [0.05, 0.1) is 16.4 Å².